The number of para-hydroxylation sites is 1. The van der Waals surface area contributed by atoms with E-state index in [1.807, 2.05) is 18.2 Å². The Bertz CT molecular complexity index is 1120. The van der Waals surface area contributed by atoms with Crippen LogP contribution in [0.15, 0.2) is 47.8 Å². The summed E-state index contributed by atoms with van der Waals surface area (Å²) in [6.07, 6.45) is 1.87. The number of halogens is 1. The van der Waals surface area contributed by atoms with Crippen molar-refractivity contribution in [3.05, 3.63) is 58.7 Å². The van der Waals surface area contributed by atoms with Crippen LogP contribution in [0.4, 0.5) is 9.52 Å². The van der Waals surface area contributed by atoms with Gasteiger partial charge in [0, 0.05) is 17.4 Å². The number of hydrogen-bond donors (Lipinski definition) is 1. The molecule has 0 atom stereocenters. The lowest BCUT2D eigenvalue weighted by molar-refractivity contribution is -0.116. The van der Waals surface area contributed by atoms with Crippen LogP contribution in [0.25, 0.3) is 21.5 Å². The number of thiazole rings is 2. The fourth-order valence-corrected chi connectivity index (χ4v) is 4.64. The molecule has 0 aliphatic carbocycles. The molecule has 4 aromatic rings. The van der Waals surface area contributed by atoms with Gasteiger partial charge in [0.25, 0.3) is 0 Å². The van der Waals surface area contributed by atoms with Crippen molar-refractivity contribution in [3.8, 4) is 17.0 Å². The van der Waals surface area contributed by atoms with E-state index in [2.05, 4.69) is 21.4 Å². The minimum atomic E-state index is -0.446. The Kier molecular flexibility index (Phi) is 5.82. The number of carbonyl (C=O) groups is 1. The van der Waals surface area contributed by atoms with Crippen molar-refractivity contribution >= 4 is 43.9 Å². The number of benzene rings is 2. The summed E-state index contributed by atoms with van der Waals surface area (Å²) in [5.74, 6) is -0.350. The second kappa shape index (κ2) is 8.67. The highest BCUT2D eigenvalue weighted by Gasteiger charge is 2.11. The Labute approximate surface area is 175 Å². The lowest BCUT2D eigenvalue weighted by Gasteiger charge is -2.03. The quantitative estimate of drug-likeness (QED) is 0.421. The van der Waals surface area contributed by atoms with E-state index < -0.39 is 5.82 Å². The predicted molar refractivity (Wildman–Crippen MR) is 115 cm³/mol. The van der Waals surface area contributed by atoms with Gasteiger partial charge in [-0.3, -0.25) is 4.79 Å². The zero-order valence-electron chi connectivity index (χ0n) is 15.6. The van der Waals surface area contributed by atoms with Crippen LogP contribution in [0.1, 0.15) is 17.8 Å². The standard InChI is InChI=1S/C21H18FN3O2S2/c1-27-17-10-9-13(11-14(17)22)16-12-28-21(24-16)25-19(26)7-4-8-20-23-15-5-2-3-6-18(15)29-20/h2-3,5-6,9-12H,4,7-8H2,1H3,(H,24,25,26). The van der Waals surface area contributed by atoms with Crippen molar-refractivity contribution in [1.82, 2.24) is 9.97 Å². The fraction of sp³-hybridized carbons (Fsp3) is 0.190. The van der Waals surface area contributed by atoms with Crippen molar-refractivity contribution in [1.29, 1.82) is 0 Å². The van der Waals surface area contributed by atoms with Gasteiger partial charge in [-0.15, -0.1) is 22.7 Å². The van der Waals surface area contributed by atoms with E-state index in [1.54, 1.807) is 28.8 Å². The van der Waals surface area contributed by atoms with E-state index in [-0.39, 0.29) is 11.7 Å². The first-order valence-corrected chi connectivity index (χ1v) is 10.8. The number of nitrogens with zero attached hydrogens (tertiary/aromatic N) is 2. The summed E-state index contributed by atoms with van der Waals surface area (Å²) in [7, 11) is 1.42. The van der Waals surface area contributed by atoms with Gasteiger partial charge in [0.1, 0.15) is 0 Å². The van der Waals surface area contributed by atoms with Crippen LogP contribution >= 0.6 is 22.7 Å². The lowest BCUT2D eigenvalue weighted by Crippen LogP contribution is -2.11. The Balaban J connectivity index is 1.31. The summed E-state index contributed by atoms with van der Waals surface area (Å²) in [6.45, 7) is 0. The molecular formula is C21H18FN3O2S2. The number of aromatic nitrogens is 2. The van der Waals surface area contributed by atoms with Crippen LogP contribution in [0.5, 0.6) is 5.75 Å². The Hall–Kier alpha value is -2.84. The summed E-state index contributed by atoms with van der Waals surface area (Å²) >= 11 is 2.98. The molecule has 2 aromatic heterocycles. The molecule has 0 fully saturated rings. The van der Waals surface area contributed by atoms with Gasteiger partial charge in [-0.1, -0.05) is 12.1 Å². The monoisotopic (exact) mass is 427 g/mol. The maximum absolute atomic E-state index is 13.9. The third kappa shape index (κ3) is 4.60. The summed E-state index contributed by atoms with van der Waals surface area (Å²) in [5.41, 5.74) is 2.25. The highest BCUT2D eigenvalue weighted by Crippen LogP contribution is 2.28. The van der Waals surface area contributed by atoms with Crippen molar-refractivity contribution in [2.24, 2.45) is 0 Å². The number of rotatable bonds is 7. The number of amides is 1. The molecular weight excluding hydrogens is 409 g/mol. The molecule has 0 aliphatic rings. The van der Waals surface area contributed by atoms with E-state index >= 15 is 0 Å². The minimum absolute atomic E-state index is 0.0899. The Morgan fingerprint density at radius 3 is 2.86 bits per heavy atom. The molecule has 4 rings (SSSR count). The molecule has 0 saturated heterocycles. The summed E-state index contributed by atoms with van der Waals surface area (Å²) in [6, 6.07) is 12.7. The maximum atomic E-state index is 13.9. The number of fused-ring (bicyclic) bond motifs is 1. The van der Waals surface area contributed by atoms with Gasteiger partial charge in [0.05, 0.1) is 28.0 Å². The first kappa shape index (κ1) is 19.5. The SMILES string of the molecule is COc1ccc(-c2csc(NC(=O)CCCc3nc4ccccc4s3)n2)cc1F. The number of anilines is 1. The van der Waals surface area contributed by atoms with Gasteiger partial charge < -0.3 is 10.1 Å². The molecule has 5 nitrogen and oxygen atoms in total. The van der Waals surface area contributed by atoms with Gasteiger partial charge in [-0.25, -0.2) is 14.4 Å². The number of nitrogens with one attached hydrogen (secondary N) is 1. The van der Waals surface area contributed by atoms with Crippen LogP contribution in [0.3, 0.4) is 0 Å². The fourth-order valence-electron chi connectivity index (χ4n) is 2.90. The summed E-state index contributed by atoms with van der Waals surface area (Å²) < 4.78 is 20.0. The molecule has 1 amide bonds. The molecule has 2 heterocycles. The first-order valence-electron chi connectivity index (χ1n) is 9.06. The van der Waals surface area contributed by atoms with Crippen LogP contribution < -0.4 is 10.1 Å². The molecule has 0 unspecified atom stereocenters. The highest BCUT2D eigenvalue weighted by atomic mass is 32.1. The molecule has 29 heavy (non-hydrogen) atoms. The highest BCUT2D eigenvalue weighted by molar-refractivity contribution is 7.18. The molecule has 1 N–H and O–H groups in total. The van der Waals surface area contributed by atoms with Gasteiger partial charge in [0.15, 0.2) is 16.7 Å². The Morgan fingerprint density at radius 2 is 2.07 bits per heavy atom. The van der Waals surface area contributed by atoms with Crippen LogP contribution in [-0.4, -0.2) is 23.0 Å². The third-order valence-corrected chi connectivity index (χ3v) is 6.18. The normalized spacial score (nSPS) is 11.0. The maximum Gasteiger partial charge on any atom is 0.226 e. The van der Waals surface area contributed by atoms with E-state index in [0.717, 1.165) is 21.6 Å². The van der Waals surface area contributed by atoms with Gasteiger partial charge in [-0.2, -0.15) is 0 Å². The average molecular weight is 428 g/mol. The van der Waals surface area contributed by atoms with Crippen LogP contribution in [-0.2, 0) is 11.2 Å². The second-order valence-corrected chi connectivity index (χ2v) is 8.34. The minimum Gasteiger partial charge on any atom is -0.494 e. The van der Waals surface area contributed by atoms with Gasteiger partial charge >= 0.3 is 0 Å². The third-order valence-electron chi connectivity index (χ3n) is 4.33. The molecule has 148 valence electrons. The molecule has 0 saturated carbocycles. The van der Waals surface area contributed by atoms with Gasteiger partial charge in [0.2, 0.25) is 5.91 Å². The van der Waals surface area contributed by atoms with Gasteiger partial charge in [-0.05, 0) is 43.2 Å². The summed E-state index contributed by atoms with van der Waals surface area (Å²) in [4.78, 5) is 21.2. The van der Waals surface area contributed by atoms with Crippen molar-refractivity contribution in [2.75, 3.05) is 12.4 Å². The number of carbonyl (C=O) groups excluding carboxylic acids is 1. The molecule has 0 spiro atoms. The zero-order valence-corrected chi connectivity index (χ0v) is 17.3. The molecule has 0 radical (unpaired) electrons. The topological polar surface area (TPSA) is 64.1 Å². The van der Waals surface area contributed by atoms with E-state index in [1.165, 1.54) is 24.5 Å². The largest absolute Gasteiger partial charge is 0.494 e. The lowest BCUT2D eigenvalue weighted by atomic mass is 10.1. The number of hydrogen-bond acceptors (Lipinski definition) is 6. The molecule has 0 bridgehead atoms. The molecule has 2 aromatic carbocycles. The number of methoxy groups -OCH3 is 1. The van der Waals surface area contributed by atoms with E-state index in [0.29, 0.717) is 29.2 Å². The number of aryl methyl sites for hydroxylation is 1. The van der Waals surface area contributed by atoms with E-state index in [4.69, 9.17) is 4.74 Å². The van der Waals surface area contributed by atoms with Crippen molar-refractivity contribution in [3.63, 3.8) is 0 Å². The molecule has 8 heteroatoms. The number of ether oxygens (including phenoxy) is 1. The molecule has 0 aliphatic heterocycles. The van der Waals surface area contributed by atoms with E-state index in [9.17, 15) is 9.18 Å². The van der Waals surface area contributed by atoms with Crippen LogP contribution in [0, 0.1) is 5.82 Å². The summed E-state index contributed by atoms with van der Waals surface area (Å²) in [5, 5.41) is 6.14. The zero-order chi connectivity index (χ0) is 20.2. The predicted octanol–water partition coefficient (Wildman–Crippen LogP) is 5.53. The van der Waals surface area contributed by atoms with Crippen LogP contribution in [0.2, 0.25) is 0 Å². The van der Waals surface area contributed by atoms with Crippen molar-refractivity contribution in [2.45, 2.75) is 19.3 Å². The average Bonchev–Trinajstić information content (AvgIpc) is 3.34. The Morgan fingerprint density at radius 1 is 1.21 bits per heavy atom. The first-order chi connectivity index (χ1) is 14.1. The smallest absolute Gasteiger partial charge is 0.226 e. The second-order valence-electron chi connectivity index (χ2n) is 6.36. The van der Waals surface area contributed by atoms with Crippen molar-refractivity contribution < 1.29 is 13.9 Å².